The summed E-state index contributed by atoms with van der Waals surface area (Å²) in [5.74, 6) is -1.40. The number of hydrogen-bond acceptors (Lipinski definition) is 3. The molecule has 1 amide bonds. The van der Waals surface area contributed by atoms with Gasteiger partial charge < -0.3 is 15.0 Å². The van der Waals surface area contributed by atoms with Crippen molar-refractivity contribution in [2.45, 2.75) is 19.0 Å². The monoisotopic (exact) mass is 305 g/mol. The van der Waals surface area contributed by atoms with Crippen molar-refractivity contribution in [2.75, 3.05) is 0 Å². The van der Waals surface area contributed by atoms with Crippen LogP contribution in [-0.4, -0.2) is 37.9 Å². The van der Waals surface area contributed by atoms with E-state index in [1.807, 2.05) is 0 Å². The molecule has 0 fully saturated rings. The minimum absolute atomic E-state index is 0.192. The molecule has 1 aromatic heterocycles. The number of aliphatic carboxylic acids is 1. The Morgan fingerprint density at radius 2 is 2.24 bits per heavy atom. The molecule has 0 radical (unpaired) electrons. The van der Waals surface area contributed by atoms with E-state index in [4.69, 9.17) is 11.6 Å². The van der Waals surface area contributed by atoms with Crippen LogP contribution in [0.25, 0.3) is 0 Å². The Bertz CT molecular complexity index is 713. The predicted molar refractivity (Wildman–Crippen MR) is 75.0 cm³/mol. The van der Waals surface area contributed by atoms with E-state index in [-0.39, 0.29) is 18.9 Å². The van der Waals surface area contributed by atoms with E-state index >= 15 is 0 Å². The quantitative estimate of drug-likeness (QED) is 0.884. The summed E-state index contributed by atoms with van der Waals surface area (Å²) in [6.07, 6.45) is 1.71. The normalized spacial score (nSPS) is 17.4. The van der Waals surface area contributed by atoms with Gasteiger partial charge >= 0.3 is 5.97 Å². The number of nitrogens with zero attached hydrogens (tertiary/aromatic N) is 2. The number of halogens is 1. The molecule has 108 valence electrons. The van der Waals surface area contributed by atoms with Crippen LogP contribution in [0.2, 0.25) is 5.02 Å². The molecule has 1 aromatic carbocycles. The number of hydrogen-bond donors (Lipinski definition) is 2. The van der Waals surface area contributed by atoms with E-state index in [2.05, 4.69) is 9.97 Å². The minimum Gasteiger partial charge on any atom is -0.480 e. The highest BCUT2D eigenvalue weighted by molar-refractivity contribution is 6.31. The number of carboxylic acids is 1. The number of fused-ring (bicyclic) bond motifs is 1. The Labute approximate surface area is 125 Å². The van der Waals surface area contributed by atoms with Gasteiger partial charge in [-0.25, -0.2) is 9.78 Å². The maximum atomic E-state index is 12.6. The van der Waals surface area contributed by atoms with Crippen molar-refractivity contribution in [2.24, 2.45) is 0 Å². The van der Waals surface area contributed by atoms with Crippen LogP contribution in [0, 0.1) is 0 Å². The molecule has 3 rings (SSSR count). The van der Waals surface area contributed by atoms with Gasteiger partial charge in [-0.3, -0.25) is 4.79 Å². The highest BCUT2D eigenvalue weighted by Gasteiger charge is 2.36. The zero-order chi connectivity index (χ0) is 15.0. The summed E-state index contributed by atoms with van der Waals surface area (Å²) < 4.78 is 0. The summed E-state index contributed by atoms with van der Waals surface area (Å²) in [6.45, 7) is 0.192. The zero-order valence-corrected chi connectivity index (χ0v) is 11.7. The molecule has 2 N–H and O–H groups in total. The minimum atomic E-state index is -1.04. The van der Waals surface area contributed by atoms with Crippen molar-refractivity contribution in [3.05, 3.63) is 52.6 Å². The zero-order valence-electron chi connectivity index (χ0n) is 10.9. The topological polar surface area (TPSA) is 86.3 Å². The summed E-state index contributed by atoms with van der Waals surface area (Å²) in [6, 6.07) is 5.56. The van der Waals surface area contributed by atoms with Crippen LogP contribution in [0.5, 0.6) is 0 Å². The first-order valence-electron chi connectivity index (χ1n) is 6.36. The van der Waals surface area contributed by atoms with Crippen molar-refractivity contribution in [3.63, 3.8) is 0 Å². The third-order valence-electron chi connectivity index (χ3n) is 3.52. The number of nitrogens with one attached hydrogen (secondary N) is 1. The van der Waals surface area contributed by atoms with Crippen LogP contribution in [0.4, 0.5) is 0 Å². The van der Waals surface area contributed by atoms with E-state index in [0.29, 0.717) is 16.3 Å². The lowest BCUT2D eigenvalue weighted by Crippen LogP contribution is -2.48. The number of aromatic amines is 1. The number of benzene rings is 1. The average Bonchev–Trinajstić information content (AvgIpc) is 2.92. The van der Waals surface area contributed by atoms with E-state index in [9.17, 15) is 14.7 Å². The summed E-state index contributed by atoms with van der Waals surface area (Å²) in [7, 11) is 0. The highest BCUT2D eigenvalue weighted by Crippen LogP contribution is 2.23. The Kier molecular flexibility index (Phi) is 3.39. The smallest absolute Gasteiger partial charge is 0.326 e. The average molecular weight is 306 g/mol. The summed E-state index contributed by atoms with van der Waals surface area (Å²) in [5, 5.41) is 9.80. The Balaban J connectivity index is 1.95. The fourth-order valence-electron chi connectivity index (χ4n) is 2.46. The second-order valence-corrected chi connectivity index (χ2v) is 5.27. The number of carbonyl (C=O) groups is 2. The molecule has 1 aliphatic rings. The van der Waals surface area contributed by atoms with Gasteiger partial charge in [-0.2, -0.15) is 0 Å². The van der Waals surface area contributed by atoms with Gasteiger partial charge in [0.1, 0.15) is 6.04 Å². The van der Waals surface area contributed by atoms with Crippen LogP contribution in [0.15, 0.2) is 30.6 Å². The Morgan fingerprint density at radius 3 is 2.95 bits per heavy atom. The van der Waals surface area contributed by atoms with Crippen LogP contribution < -0.4 is 0 Å². The molecule has 7 heteroatoms. The van der Waals surface area contributed by atoms with Crippen molar-refractivity contribution >= 4 is 23.5 Å². The predicted octanol–water partition coefficient (Wildman–Crippen LogP) is 1.71. The highest BCUT2D eigenvalue weighted by atomic mass is 35.5. The molecule has 0 saturated carbocycles. The fourth-order valence-corrected chi connectivity index (χ4v) is 2.65. The van der Waals surface area contributed by atoms with Gasteiger partial charge in [0.05, 0.1) is 24.3 Å². The maximum Gasteiger partial charge on any atom is 0.326 e. The first kappa shape index (κ1) is 13.6. The number of carboxylic acid groups (broad SMARTS) is 1. The Hall–Kier alpha value is -2.34. The van der Waals surface area contributed by atoms with Crippen LogP contribution >= 0.6 is 11.6 Å². The molecule has 2 heterocycles. The molecular weight excluding hydrogens is 294 g/mol. The molecule has 0 spiro atoms. The van der Waals surface area contributed by atoms with Gasteiger partial charge in [-0.05, 0) is 18.2 Å². The third-order valence-corrected chi connectivity index (χ3v) is 3.75. The van der Waals surface area contributed by atoms with Crippen LogP contribution in [-0.2, 0) is 17.8 Å². The van der Waals surface area contributed by atoms with E-state index in [1.54, 1.807) is 18.2 Å². The largest absolute Gasteiger partial charge is 0.480 e. The van der Waals surface area contributed by atoms with Gasteiger partial charge in [0.25, 0.3) is 5.91 Å². The number of imidazole rings is 1. The van der Waals surface area contributed by atoms with Gasteiger partial charge in [-0.1, -0.05) is 17.7 Å². The number of carbonyl (C=O) groups excluding carboxylic acids is 1. The van der Waals surface area contributed by atoms with E-state index in [0.717, 1.165) is 5.69 Å². The first-order chi connectivity index (χ1) is 10.1. The maximum absolute atomic E-state index is 12.6. The number of H-pyrrole nitrogens is 1. The fraction of sp³-hybridized carbons (Fsp3) is 0.214. The van der Waals surface area contributed by atoms with Crippen LogP contribution in [0.1, 0.15) is 21.7 Å². The number of aromatic nitrogens is 2. The third kappa shape index (κ3) is 2.50. The standard InChI is InChI=1S/C14H12ClN3O3/c15-9-3-1-2-8(4-9)13(19)18-6-11-10(16-7-17-11)5-12(18)14(20)21/h1-4,7,12H,5-6H2,(H,16,17)(H,20,21). The van der Waals surface area contributed by atoms with Gasteiger partial charge in [0.15, 0.2) is 0 Å². The lowest BCUT2D eigenvalue weighted by molar-refractivity contribution is -0.142. The summed E-state index contributed by atoms with van der Waals surface area (Å²) in [4.78, 5) is 32.4. The van der Waals surface area contributed by atoms with Crippen molar-refractivity contribution in [3.8, 4) is 0 Å². The van der Waals surface area contributed by atoms with Crippen LogP contribution in [0.3, 0.4) is 0 Å². The molecule has 0 aliphatic carbocycles. The van der Waals surface area contributed by atoms with Crippen molar-refractivity contribution in [1.29, 1.82) is 0 Å². The molecular formula is C14H12ClN3O3. The molecule has 21 heavy (non-hydrogen) atoms. The van der Waals surface area contributed by atoms with Crippen molar-refractivity contribution in [1.82, 2.24) is 14.9 Å². The lowest BCUT2D eigenvalue weighted by atomic mass is 10.0. The van der Waals surface area contributed by atoms with E-state index in [1.165, 1.54) is 17.3 Å². The Morgan fingerprint density at radius 1 is 1.43 bits per heavy atom. The lowest BCUT2D eigenvalue weighted by Gasteiger charge is -2.32. The molecule has 1 aliphatic heterocycles. The first-order valence-corrected chi connectivity index (χ1v) is 6.74. The molecule has 0 saturated heterocycles. The number of rotatable bonds is 2. The second-order valence-electron chi connectivity index (χ2n) is 4.83. The molecule has 0 bridgehead atoms. The number of amides is 1. The second kappa shape index (κ2) is 5.21. The van der Waals surface area contributed by atoms with Gasteiger partial charge in [-0.15, -0.1) is 0 Å². The molecule has 2 aromatic rings. The van der Waals surface area contributed by atoms with Gasteiger partial charge in [0, 0.05) is 17.0 Å². The van der Waals surface area contributed by atoms with Gasteiger partial charge in [0.2, 0.25) is 0 Å². The summed E-state index contributed by atoms with van der Waals surface area (Å²) in [5.41, 5.74) is 1.83. The van der Waals surface area contributed by atoms with E-state index < -0.39 is 12.0 Å². The van der Waals surface area contributed by atoms with Crippen molar-refractivity contribution < 1.29 is 14.7 Å². The SMILES string of the molecule is O=C(O)C1Cc2nc[nH]c2CN1C(=O)c1cccc(Cl)c1. The summed E-state index contributed by atoms with van der Waals surface area (Å²) >= 11 is 5.89. The molecule has 1 unspecified atom stereocenters. The molecule has 1 atom stereocenters. The molecule has 6 nitrogen and oxygen atoms in total.